The second-order valence-electron chi connectivity index (χ2n) is 17.3. The molecule has 3 N–H and O–H groups in total. The highest BCUT2D eigenvalue weighted by Gasteiger charge is 2.26. The highest BCUT2D eigenvalue weighted by molar-refractivity contribution is 7.47. The van der Waals surface area contributed by atoms with Gasteiger partial charge in [-0.25, -0.2) is 4.57 Å². The SMILES string of the molecule is CC/C=C\C/C=C\C/C=C\C/C=C\C/C=C\C/C=C\CCCCCCCCCCCCCCCCCCC(=O)OC(COC(=O)CC/C=C\C/C=C\C/C=C\C/C=C\CC)COP(=O)(O)OCCN. The van der Waals surface area contributed by atoms with Crippen LogP contribution in [0.5, 0.6) is 0 Å². The predicted molar refractivity (Wildman–Crippen MR) is 293 cm³/mol. The van der Waals surface area contributed by atoms with Gasteiger partial charge in [0.1, 0.15) is 6.61 Å². The Morgan fingerprint density at radius 3 is 1.17 bits per heavy atom. The maximum Gasteiger partial charge on any atom is 0.472 e. The van der Waals surface area contributed by atoms with Crippen molar-refractivity contribution >= 4 is 19.8 Å². The van der Waals surface area contributed by atoms with E-state index in [1.54, 1.807) is 0 Å². The molecule has 0 radical (unpaired) electrons. The van der Waals surface area contributed by atoms with Crippen molar-refractivity contribution in [2.75, 3.05) is 26.4 Å². The van der Waals surface area contributed by atoms with E-state index in [4.69, 9.17) is 24.3 Å². The monoisotopic (exact) mass is 980 g/mol. The van der Waals surface area contributed by atoms with Gasteiger partial charge in [0, 0.05) is 19.4 Å². The Hall–Kier alpha value is -3.59. The standard InChI is InChI=1S/C59H98NO8P/c1-3-5-7-9-11-13-15-17-18-19-20-21-22-23-24-25-26-27-28-29-30-31-32-33-34-35-36-37-38-40-42-44-46-48-50-52-59(62)68-57(56-67-69(63,64)66-54-53-60)55-65-58(61)51-49-47-45-43-41-39-16-14-12-10-8-6-4-2/h5-8,11-14,17-18,20-21,23-24,26-27,39,41,45,47,57H,3-4,9-10,15-16,19,22,25,28-38,40,42-44,46,48-56,60H2,1-2H3,(H,63,64)/b7-5-,8-6-,13-11-,14-12-,18-17-,21-20-,24-23-,27-26-,41-39-,47-45-. The topological polar surface area (TPSA) is 134 Å². The molecule has 9 nitrogen and oxygen atoms in total. The van der Waals surface area contributed by atoms with Crippen molar-refractivity contribution in [1.82, 2.24) is 0 Å². The summed E-state index contributed by atoms with van der Waals surface area (Å²) in [5, 5.41) is 0. The van der Waals surface area contributed by atoms with Gasteiger partial charge in [0.05, 0.1) is 13.2 Å². The van der Waals surface area contributed by atoms with Crippen LogP contribution in [-0.2, 0) is 32.7 Å². The lowest BCUT2D eigenvalue weighted by Crippen LogP contribution is -2.29. The number of rotatable bonds is 49. The molecule has 2 unspecified atom stereocenters. The van der Waals surface area contributed by atoms with Gasteiger partial charge in [0.2, 0.25) is 0 Å². The molecule has 0 heterocycles. The summed E-state index contributed by atoms with van der Waals surface area (Å²) in [5.74, 6) is -0.928. The van der Waals surface area contributed by atoms with Crippen LogP contribution in [0.25, 0.3) is 0 Å². The first-order valence-electron chi connectivity index (χ1n) is 27.0. The molecular weight excluding hydrogens is 882 g/mol. The summed E-state index contributed by atoms with van der Waals surface area (Å²) in [7, 11) is -4.40. The van der Waals surface area contributed by atoms with Gasteiger partial charge in [0.15, 0.2) is 6.10 Å². The third-order valence-corrected chi connectivity index (χ3v) is 11.8. The summed E-state index contributed by atoms with van der Waals surface area (Å²) in [6, 6.07) is 0. The second kappa shape index (κ2) is 53.8. The van der Waals surface area contributed by atoms with Crippen LogP contribution in [0, 0.1) is 0 Å². The fourth-order valence-electron chi connectivity index (χ4n) is 6.95. The Morgan fingerprint density at radius 1 is 0.435 bits per heavy atom. The van der Waals surface area contributed by atoms with Gasteiger partial charge in [-0.3, -0.25) is 18.6 Å². The van der Waals surface area contributed by atoms with Crippen molar-refractivity contribution < 1.29 is 37.6 Å². The van der Waals surface area contributed by atoms with Crippen LogP contribution >= 0.6 is 7.82 Å². The number of phosphoric ester groups is 1. The number of unbranched alkanes of at least 4 members (excludes halogenated alkanes) is 16. The van der Waals surface area contributed by atoms with Crippen LogP contribution in [0.1, 0.15) is 206 Å². The molecule has 0 aliphatic carbocycles. The number of hydrogen-bond donors (Lipinski definition) is 2. The summed E-state index contributed by atoms with van der Waals surface area (Å²) in [4.78, 5) is 35.0. The van der Waals surface area contributed by atoms with Gasteiger partial charge in [0.25, 0.3) is 0 Å². The first-order chi connectivity index (χ1) is 33.8. The Balaban J connectivity index is 3.94. The molecule has 0 aromatic rings. The molecule has 0 saturated heterocycles. The van der Waals surface area contributed by atoms with E-state index in [2.05, 4.69) is 123 Å². The predicted octanol–water partition coefficient (Wildman–Crippen LogP) is 16.8. The van der Waals surface area contributed by atoms with Gasteiger partial charge >= 0.3 is 19.8 Å². The maximum atomic E-state index is 12.7. The van der Waals surface area contributed by atoms with E-state index in [1.807, 2.05) is 12.2 Å². The Bertz CT molecular complexity index is 1540. The van der Waals surface area contributed by atoms with Crippen molar-refractivity contribution in [3.63, 3.8) is 0 Å². The van der Waals surface area contributed by atoms with E-state index >= 15 is 0 Å². The van der Waals surface area contributed by atoms with Crippen molar-refractivity contribution in [3.8, 4) is 0 Å². The molecule has 0 aliphatic heterocycles. The minimum absolute atomic E-state index is 0.0397. The largest absolute Gasteiger partial charge is 0.472 e. The number of carbonyl (C=O) groups is 2. The molecule has 69 heavy (non-hydrogen) atoms. The molecule has 10 heteroatoms. The Morgan fingerprint density at radius 2 is 0.783 bits per heavy atom. The number of allylic oxidation sites excluding steroid dienone is 20. The van der Waals surface area contributed by atoms with Crippen LogP contribution in [0.3, 0.4) is 0 Å². The first-order valence-corrected chi connectivity index (χ1v) is 28.5. The fourth-order valence-corrected chi connectivity index (χ4v) is 7.71. The average Bonchev–Trinajstić information content (AvgIpc) is 3.34. The fraction of sp³-hybridized carbons (Fsp3) is 0.627. The summed E-state index contributed by atoms with van der Waals surface area (Å²) in [5.41, 5.74) is 5.36. The first kappa shape index (κ1) is 65.4. The third-order valence-electron chi connectivity index (χ3n) is 10.9. The molecule has 0 aromatic carbocycles. The Kier molecular flexibility index (Phi) is 51.0. The van der Waals surface area contributed by atoms with Crippen molar-refractivity contribution in [3.05, 3.63) is 122 Å². The maximum absolute atomic E-state index is 12.7. The highest BCUT2D eigenvalue weighted by Crippen LogP contribution is 2.43. The number of phosphoric acid groups is 1. The molecule has 0 bridgehead atoms. The quantitative estimate of drug-likeness (QED) is 0.0264. The van der Waals surface area contributed by atoms with Gasteiger partial charge in [-0.2, -0.15) is 0 Å². The smallest absolute Gasteiger partial charge is 0.462 e. The average molecular weight is 980 g/mol. The van der Waals surface area contributed by atoms with E-state index in [0.717, 1.165) is 83.5 Å². The second-order valence-corrected chi connectivity index (χ2v) is 18.8. The highest BCUT2D eigenvalue weighted by atomic mass is 31.2. The third kappa shape index (κ3) is 53.6. The van der Waals surface area contributed by atoms with Crippen LogP contribution in [0.15, 0.2) is 122 Å². The Labute approximate surface area is 421 Å². The van der Waals surface area contributed by atoms with Gasteiger partial charge < -0.3 is 20.1 Å². The molecule has 0 rings (SSSR count). The van der Waals surface area contributed by atoms with E-state index in [0.29, 0.717) is 12.8 Å². The molecule has 392 valence electrons. The molecule has 0 spiro atoms. The number of hydrogen-bond acceptors (Lipinski definition) is 8. The zero-order valence-electron chi connectivity index (χ0n) is 43.5. The van der Waals surface area contributed by atoms with E-state index < -0.39 is 32.5 Å². The minimum atomic E-state index is -4.40. The van der Waals surface area contributed by atoms with Crippen LogP contribution in [0.2, 0.25) is 0 Å². The van der Waals surface area contributed by atoms with Gasteiger partial charge in [-0.15, -0.1) is 0 Å². The molecular formula is C59H98NO8P. The van der Waals surface area contributed by atoms with Crippen LogP contribution in [0.4, 0.5) is 0 Å². The molecule has 0 amide bonds. The molecule has 0 aromatic heterocycles. The van der Waals surface area contributed by atoms with Gasteiger partial charge in [-0.1, -0.05) is 225 Å². The number of esters is 2. The minimum Gasteiger partial charge on any atom is -0.462 e. The molecule has 2 atom stereocenters. The van der Waals surface area contributed by atoms with Crippen molar-refractivity contribution in [1.29, 1.82) is 0 Å². The number of carbonyl (C=O) groups excluding carboxylic acids is 2. The van der Waals surface area contributed by atoms with Crippen molar-refractivity contribution in [2.45, 2.75) is 213 Å². The van der Waals surface area contributed by atoms with E-state index in [1.165, 1.54) is 83.5 Å². The van der Waals surface area contributed by atoms with Gasteiger partial charge in [-0.05, 0) is 89.9 Å². The van der Waals surface area contributed by atoms with Crippen molar-refractivity contribution in [2.24, 2.45) is 5.73 Å². The van der Waals surface area contributed by atoms with Crippen LogP contribution in [-0.4, -0.2) is 49.3 Å². The zero-order valence-corrected chi connectivity index (χ0v) is 44.4. The number of nitrogens with two attached hydrogens (primary N) is 1. The van der Waals surface area contributed by atoms with E-state index in [-0.39, 0.29) is 32.6 Å². The summed E-state index contributed by atoms with van der Waals surface area (Å²) in [6.45, 7) is 3.41. The molecule has 0 fully saturated rings. The lowest BCUT2D eigenvalue weighted by atomic mass is 10.0. The zero-order chi connectivity index (χ0) is 50.2. The summed E-state index contributed by atoms with van der Waals surface area (Å²) < 4.78 is 32.8. The molecule has 0 saturated carbocycles. The number of ether oxygens (including phenoxy) is 2. The summed E-state index contributed by atoms with van der Waals surface area (Å²) >= 11 is 0. The lowest BCUT2D eigenvalue weighted by molar-refractivity contribution is -0.161. The molecule has 0 aliphatic rings. The van der Waals surface area contributed by atoms with Crippen LogP contribution < -0.4 is 5.73 Å². The summed E-state index contributed by atoms with van der Waals surface area (Å²) in [6.07, 6.45) is 74.3. The lowest BCUT2D eigenvalue weighted by Gasteiger charge is -2.19. The van der Waals surface area contributed by atoms with E-state index in [9.17, 15) is 19.0 Å². The normalized spacial score (nSPS) is 14.1.